The summed E-state index contributed by atoms with van der Waals surface area (Å²) in [5, 5.41) is 11.7. The molecule has 0 fully saturated rings. The van der Waals surface area contributed by atoms with E-state index in [-0.39, 0.29) is 20.1 Å². The van der Waals surface area contributed by atoms with Crippen molar-refractivity contribution in [3.8, 4) is 0 Å². The monoisotopic (exact) mass is 1090 g/mol. The topological polar surface area (TPSA) is 0 Å². The summed E-state index contributed by atoms with van der Waals surface area (Å²) < 4.78 is 0. The number of benzene rings is 8. The van der Waals surface area contributed by atoms with E-state index in [0.29, 0.717) is 0 Å². The van der Waals surface area contributed by atoms with E-state index in [1.54, 1.807) is 0 Å². The van der Waals surface area contributed by atoms with E-state index in [2.05, 4.69) is 243 Å². The number of hydrogen-bond acceptors (Lipinski definition) is 0. The van der Waals surface area contributed by atoms with Crippen LogP contribution in [0, 0.1) is 0 Å². The van der Waals surface area contributed by atoms with Crippen molar-refractivity contribution in [3.63, 3.8) is 0 Å². The molecule has 9 heteroatoms. The van der Waals surface area contributed by atoms with Crippen LogP contribution in [0.25, 0.3) is 0 Å². The van der Waals surface area contributed by atoms with Crippen LogP contribution in [0.15, 0.2) is 243 Å². The van der Waals surface area contributed by atoms with Crippen molar-refractivity contribution in [2.45, 2.75) is 0 Å². The molecule has 0 aliphatic carbocycles. The smallest absolute Gasteiger partial charge is 0.00405 e. The molecule has 12 rings (SSSR count). The standard InChI is InChI=1S/2C25H22P2.Ir.P4/c2*1-5-13-22(14-6-1)26(23-15-7-2-8-16-23)21-27(24-17-9-3-10-18-24)25-19-11-4-12-20-25;;1-2-3(1)4(1)2/h2*1-20H,21H2;;. The minimum atomic E-state index is -0.409. The van der Waals surface area contributed by atoms with E-state index in [1.807, 2.05) is 0 Å². The van der Waals surface area contributed by atoms with E-state index in [0.717, 1.165) is 25.5 Å². The van der Waals surface area contributed by atoms with Crippen molar-refractivity contribution in [2.75, 3.05) is 11.8 Å². The Labute approximate surface area is 371 Å². The van der Waals surface area contributed by atoms with Gasteiger partial charge in [0, 0.05) is 57.4 Å². The Kier molecular flexibility index (Phi) is 15.6. The second-order valence-electron chi connectivity index (χ2n) is 13.8. The summed E-state index contributed by atoms with van der Waals surface area (Å²) in [6, 6.07) is 88.3. The van der Waals surface area contributed by atoms with Crippen LogP contribution in [0.5, 0.6) is 0 Å². The Bertz CT molecular complexity index is 2130. The van der Waals surface area contributed by atoms with Crippen molar-refractivity contribution >= 4 is 99.6 Å². The predicted molar refractivity (Wildman–Crippen MR) is 274 cm³/mol. The molecule has 0 atom stereocenters. The molecule has 0 N–H and O–H groups in total. The number of hydrogen-bond donors (Lipinski definition) is 0. The first-order valence-corrected chi connectivity index (χ1v) is 35.2. The summed E-state index contributed by atoms with van der Waals surface area (Å²) in [5.74, 6) is 2.35. The Balaban J connectivity index is 0.000000145. The first kappa shape index (κ1) is 43.0. The molecule has 0 saturated carbocycles. The zero-order valence-electron chi connectivity index (χ0n) is 32.4. The van der Waals surface area contributed by atoms with Crippen LogP contribution in [0.3, 0.4) is 0 Å². The summed E-state index contributed by atoms with van der Waals surface area (Å²) in [4.78, 5) is 0. The third kappa shape index (κ3) is 11.4. The average molecular weight is 1080 g/mol. The van der Waals surface area contributed by atoms with Crippen molar-refractivity contribution in [3.05, 3.63) is 243 Å². The van der Waals surface area contributed by atoms with Crippen LogP contribution < -0.4 is 42.4 Å². The molecule has 0 aliphatic rings. The van der Waals surface area contributed by atoms with Gasteiger partial charge in [-0.05, 0) is 74.1 Å². The molecule has 0 nitrogen and oxygen atoms in total. The van der Waals surface area contributed by atoms with Crippen molar-refractivity contribution < 1.29 is 20.1 Å². The van der Waals surface area contributed by atoms with Gasteiger partial charge in [-0.1, -0.05) is 243 Å². The van der Waals surface area contributed by atoms with Crippen LogP contribution in [0.2, 0.25) is 0 Å². The van der Waals surface area contributed by atoms with Gasteiger partial charge < -0.3 is 0 Å². The Hall–Kier alpha value is -2.67. The van der Waals surface area contributed by atoms with E-state index < -0.39 is 31.7 Å². The van der Waals surface area contributed by atoms with Crippen molar-refractivity contribution in [1.82, 2.24) is 0 Å². The van der Waals surface area contributed by atoms with Gasteiger partial charge in [0.2, 0.25) is 0 Å². The molecule has 12 aromatic rings. The molecule has 8 aromatic carbocycles. The molecular weight excluding hydrogens is 1040 g/mol. The molecule has 0 spiro atoms. The minimum absolute atomic E-state index is 0. The summed E-state index contributed by atoms with van der Waals surface area (Å²) in [6.07, 6.45) is 4.30. The van der Waals surface area contributed by atoms with Crippen molar-refractivity contribution in [1.29, 1.82) is 0 Å². The molecule has 4 aromatic heterocycles. The summed E-state index contributed by atoms with van der Waals surface area (Å²) in [6.45, 7) is 0. The molecule has 293 valence electrons. The summed E-state index contributed by atoms with van der Waals surface area (Å²) in [7, 11) is -1.63. The normalized spacial score (nSPS) is 12.5. The van der Waals surface area contributed by atoms with Crippen LogP contribution in [-0.2, 0) is 20.1 Å². The maximum absolute atomic E-state index is 2.29. The second-order valence-corrected chi connectivity index (χ2v) is 51.5. The molecule has 0 aliphatic heterocycles. The Morgan fingerprint density at radius 2 is 0.322 bits per heavy atom. The van der Waals surface area contributed by atoms with E-state index in [4.69, 9.17) is 0 Å². The van der Waals surface area contributed by atoms with E-state index in [1.165, 1.54) is 54.2 Å². The summed E-state index contributed by atoms with van der Waals surface area (Å²) in [5.41, 5.74) is 0. The van der Waals surface area contributed by atoms with Gasteiger partial charge in [-0.3, -0.25) is 0 Å². The SMILES string of the molecule is [Ir].c1ccc(P(CP(c2ccccc2)c2ccccc2)c2ccccc2)cc1.c1ccc(P(CP(c2ccccc2)c2ccccc2)c2ccccc2)cc1.p12p3p1p23. The van der Waals surface area contributed by atoms with Gasteiger partial charge in [-0.2, -0.15) is 0 Å². The molecule has 0 unspecified atom stereocenters. The van der Waals surface area contributed by atoms with Gasteiger partial charge in [0.15, 0.2) is 0 Å². The van der Waals surface area contributed by atoms with Gasteiger partial charge in [0.1, 0.15) is 0 Å². The molecule has 4 heterocycles. The maximum atomic E-state index is 2.29. The fraction of sp³-hybridized carbons (Fsp3) is 0.0400. The maximum Gasteiger partial charge on any atom is 0.00405 e. The largest absolute Gasteiger partial charge is 0.0622 e. The van der Waals surface area contributed by atoms with Gasteiger partial charge in [-0.25, -0.2) is 0 Å². The molecule has 0 amide bonds. The minimum Gasteiger partial charge on any atom is -0.0622 e. The van der Waals surface area contributed by atoms with Gasteiger partial charge >= 0.3 is 0 Å². The molecule has 0 saturated heterocycles. The first-order valence-electron chi connectivity index (χ1n) is 19.5. The van der Waals surface area contributed by atoms with Crippen LogP contribution in [0.1, 0.15) is 0 Å². The molecule has 0 bridgehead atoms. The van der Waals surface area contributed by atoms with Crippen LogP contribution in [0.4, 0.5) is 0 Å². The summed E-state index contributed by atoms with van der Waals surface area (Å²) >= 11 is 0. The Morgan fingerprint density at radius 1 is 0.203 bits per heavy atom. The van der Waals surface area contributed by atoms with E-state index in [9.17, 15) is 0 Å². The molecular formula is C50H44IrP8. The fourth-order valence-electron chi connectivity index (χ4n) is 6.73. The predicted octanol–water partition coefficient (Wildman–Crippen LogP) is 13.9. The zero-order chi connectivity index (χ0) is 38.9. The number of rotatable bonds is 12. The third-order valence-corrected chi connectivity index (χ3v) is 69.5. The van der Waals surface area contributed by atoms with Crippen LogP contribution in [-0.4, -0.2) is 11.8 Å². The van der Waals surface area contributed by atoms with Gasteiger partial charge in [0.25, 0.3) is 0 Å². The average Bonchev–Trinajstić information content (AvgIpc) is 4.16. The first-order chi connectivity index (χ1) is 28.8. The fourth-order valence-corrected chi connectivity index (χ4v) is 81.2. The molecule has 59 heavy (non-hydrogen) atoms. The molecule has 1 radical (unpaired) electrons. The third-order valence-electron chi connectivity index (χ3n) is 9.95. The Morgan fingerprint density at radius 3 is 0.424 bits per heavy atom. The van der Waals surface area contributed by atoms with Crippen LogP contribution >= 0.6 is 57.2 Å². The van der Waals surface area contributed by atoms with E-state index >= 15 is 0 Å². The van der Waals surface area contributed by atoms with Crippen molar-refractivity contribution in [2.24, 2.45) is 0 Å². The van der Waals surface area contributed by atoms with Gasteiger partial charge in [0.05, 0.1) is 0 Å². The quantitative estimate of drug-likeness (QED) is 0.107. The van der Waals surface area contributed by atoms with Gasteiger partial charge in [-0.15, -0.1) is 0 Å². The zero-order valence-corrected chi connectivity index (χ0v) is 42.0. The second kappa shape index (κ2) is 21.4.